The van der Waals surface area contributed by atoms with Gasteiger partial charge in [0.25, 0.3) is 0 Å². The molecule has 0 spiro atoms. The zero-order valence-electron chi connectivity index (χ0n) is 30.3. The van der Waals surface area contributed by atoms with Gasteiger partial charge in [-0.25, -0.2) is 27.7 Å². The van der Waals surface area contributed by atoms with E-state index < -0.39 is 47.2 Å². The zero-order valence-corrected chi connectivity index (χ0v) is 31.2. The van der Waals surface area contributed by atoms with E-state index in [1.54, 1.807) is 33.8 Å². The van der Waals surface area contributed by atoms with Crippen LogP contribution < -0.4 is 19.7 Å². The Bertz CT molecular complexity index is 2100. The average molecular weight is 758 g/mol. The maximum Gasteiger partial charge on any atom is 0.413 e. The van der Waals surface area contributed by atoms with Gasteiger partial charge >= 0.3 is 18.2 Å². The summed E-state index contributed by atoms with van der Waals surface area (Å²) in [7, 11) is 1.38. The van der Waals surface area contributed by atoms with Crippen molar-refractivity contribution < 1.29 is 42.1 Å². The molecule has 53 heavy (non-hydrogen) atoms. The first kappa shape index (κ1) is 36.7. The number of nitrogens with one attached hydrogen (secondary N) is 1. The predicted molar refractivity (Wildman–Crippen MR) is 194 cm³/mol. The van der Waals surface area contributed by atoms with Gasteiger partial charge in [0.2, 0.25) is 0 Å². The first-order valence-electron chi connectivity index (χ1n) is 17.5. The minimum absolute atomic E-state index is 0.0486. The molecule has 3 saturated heterocycles. The molecule has 3 aliphatic heterocycles. The molecule has 0 unspecified atom stereocenters. The fraction of sp³-hybridized carbons (Fsp3) is 0.528. The van der Waals surface area contributed by atoms with Crippen LogP contribution in [0.15, 0.2) is 18.2 Å². The van der Waals surface area contributed by atoms with E-state index in [0.29, 0.717) is 18.8 Å². The van der Waals surface area contributed by atoms with E-state index in [1.165, 1.54) is 24.1 Å². The molecule has 0 aliphatic carbocycles. The monoisotopic (exact) mass is 757 g/mol. The molecule has 0 bridgehead atoms. The number of carboxylic acid groups (broad SMARTS) is 1. The highest BCUT2D eigenvalue weighted by Crippen LogP contribution is 2.45. The number of anilines is 2. The molecule has 2 aromatic carbocycles. The third-order valence-corrected chi connectivity index (χ3v) is 11.2. The molecule has 17 heteroatoms. The predicted octanol–water partition coefficient (Wildman–Crippen LogP) is 7.07. The van der Waals surface area contributed by atoms with Crippen LogP contribution in [0.5, 0.6) is 11.8 Å². The Kier molecular flexibility index (Phi) is 9.45. The summed E-state index contributed by atoms with van der Waals surface area (Å²) < 4.78 is 64.5. The number of hydrogen-bond donors (Lipinski definition) is 2. The Hall–Kier alpha value is -4.64. The fourth-order valence-electron chi connectivity index (χ4n) is 7.82. The second kappa shape index (κ2) is 13.6. The molecule has 0 radical (unpaired) electrons. The van der Waals surface area contributed by atoms with Gasteiger partial charge in [0.1, 0.15) is 41.3 Å². The van der Waals surface area contributed by atoms with Crippen LogP contribution in [0.2, 0.25) is 0 Å². The van der Waals surface area contributed by atoms with Crippen molar-refractivity contribution >= 4 is 55.6 Å². The minimum Gasteiger partial charge on any atom is -0.496 e. The van der Waals surface area contributed by atoms with E-state index in [2.05, 4.69) is 20.2 Å². The van der Waals surface area contributed by atoms with Crippen molar-refractivity contribution in [3.05, 3.63) is 29.8 Å². The average Bonchev–Trinajstić information content (AvgIpc) is 3.76. The number of aromatic nitrogens is 3. The number of methoxy groups -OCH3 is 1. The topological polar surface area (TPSA) is 142 Å². The van der Waals surface area contributed by atoms with Gasteiger partial charge in [-0.15, -0.1) is 0 Å². The van der Waals surface area contributed by atoms with E-state index in [0.717, 1.165) is 30.7 Å². The van der Waals surface area contributed by atoms with Crippen LogP contribution >= 0.6 is 11.3 Å². The molecule has 284 valence electrons. The maximum absolute atomic E-state index is 17.3. The number of thiazole rings is 1. The molecule has 3 aliphatic rings. The van der Waals surface area contributed by atoms with Crippen LogP contribution in [0.1, 0.15) is 53.9 Å². The van der Waals surface area contributed by atoms with Gasteiger partial charge in [-0.05, 0) is 72.2 Å². The smallest absolute Gasteiger partial charge is 0.413 e. The molecule has 0 saturated carbocycles. The van der Waals surface area contributed by atoms with Crippen LogP contribution in [0.25, 0.3) is 32.2 Å². The van der Waals surface area contributed by atoms with E-state index in [1.807, 2.05) is 11.8 Å². The molecular formula is C36H42F3N7O6S. The highest BCUT2D eigenvalue weighted by molar-refractivity contribution is 7.22. The number of amides is 2. The molecule has 4 aromatic rings. The lowest BCUT2D eigenvalue weighted by molar-refractivity contribution is 0.0635. The van der Waals surface area contributed by atoms with Crippen LogP contribution in [0, 0.1) is 11.6 Å². The number of hydrogen-bond acceptors (Lipinski definition) is 11. The lowest BCUT2D eigenvalue weighted by Crippen LogP contribution is -2.58. The second-order valence-electron chi connectivity index (χ2n) is 15.1. The van der Waals surface area contributed by atoms with Gasteiger partial charge in [-0.3, -0.25) is 10.2 Å². The third kappa shape index (κ3) is 6.84. The molecule has 5 heterocycles. The van der Waals surface area contributed by atoms with Gasteiger partial charge in [-0.2, -0.15) is 9.97 Å². The lowest BCUT2D eigenvalue weighted by atomic mass is 9.95. The van der Waals surface area contributed by atoms with Crippen molar-refractivity contribution in [2.24, 2.45) is 0 Å². The first-order valence-corrected chi connectivity index (χ1v) is 18.3. The molecular weight excluding hydrogens is 716 g/mol. The number of fused-ring (bicyclic) bond motifs is 3. The Balaban J connectivity index is 1.36. The Morgan fingerprint density at radius 2 is 1.87 bits per heavy atom. The van der Waals surface area contributed by atoms with Crippen LogP contribution in [-0.2, 0) is 4.74 Å². The SMILES string of the molecule is COc1cc2c(N3C[C@@H](C)N(C(=O)O)C[C@@H]3C)nc(OC[C@@]34CCCN3C[C@H](F)C4)nc2c(F)c1-c1ccc(F)c2sc(NC(=O)OC(C)(C)C)nc12. The molecule has 7 rings (SSSR count). The Labute approximate surface area is 308 Å². The normalized spacial score (nSPS) is 23.5. The summed E-state index contributed by atoms with van der Waals surface area (Å²) in [5.74, 6) is -1.03. The van der Waals surface area contributed by atoms with Gasteiger partial charge in [0.05, 0.1) is 28.4 Å². The molecule has 2 amide bonds. The first-order chi connectivity index (χ1) is 25.1. The minimum atomic E-state index is -1.04. The number of carbonyl (C=O) groups is 2. The summed E-state index contributed by atoms with van der Waals surface area (Å²) in [6.45, 7) is 10.4. The number of benzene rings is 2. The number of rotatable bonds is 7. The van der Waals surface area contributed by atoms with Crippen LogP contribution in [-0.4, -0.2) is 111 Å². The number of ether oxygens (including phenoxy) is 3. The van der Waals surface area contributed by atoms with Gasteiger partial charge in [-0.1, -0.05) is 11.3 Å². The third-order valence-electron chi connectivity index (χ3n) is 10.2. The summed E-state index contributed by atoms with van der Waals surface area (Å²) >= 11 is 0.872. The molecule has 3 fully saturated rings. The van der Waals surface area contributed by atoms with Crippen molar-refractivity contribution in [2.45, 2.75) is 83.3 Å². The van der Waals surface area contributed by atoms with Crippen molar-refractivity contribution in [1.29, 1.82) is 0 Å². The summed E-state index contributed by atoms with van der Waals surface area (Å²) in [5.41, 5.74) is -1.21. The van der Waals surface area contributed by atoms with E-state index >= 15 is 8.78 Å². The second-order valence-corrected chi connectivity index (χ2v) is 16.1. The Morgan fingerprint density at radius 3 is 2.58 bits per heavy atom. The van der Waals surface area contributed by atoms with Crippen LogP contribution in [0.3, 0.4) is 0 Å². The summed E-state index contributed by atoms with van der Waals surface area (Å²) in [6, 6.07) is 3.27. The lowest BCUT2D eigenvalue weighted by Gasteiger charge is -2.43. The van der Waals surface area contributed by atoms with E-state index in [-0.39, 0.29) is 74.9 Å². The van der Waals surface area contributed by atoms with Crippen molar-refractivity contribution in [2.75, 3.05) is 50.1 Å². The largest absolute Gasteiger partial charge is 0.496 e. The maximum atomic E-state index is 17.3. The van der Waals surface area contributed by atoms with E-state index in [9.17, 15) is 19.1 Å². The van der Waals surface area contributed by atoms with Gasteiger partial charge in [0.15, 0.2) is 10.9 Å². The van der Waals surface area contributed by atoms with Crippen molar-refractivity contribution in [3.8, 4) is 22.9 Å². The van der Waals surface area contributed by atoms with E-state index in [4.69, 9.17) is 19.2 Å². The zero-order chi connectivity index (χ0) is 38.0. The summed E-state index contributed by atoms with van der Waals surface area (Å²) in [6.07, 6.45) is -0.846. The van der Waals surface area contributed by atoms with Crippen LogP contribution in [0.4, 0.5) is 33.7 Å². The van der Waals surface area contributed by atoms with Gasteiger partial charge in [0, 0.05) is 49.1 Å². The highest BCUT2D eigenvalue weighted by Gasteiger charge is 2.49. The molecule has 4 atom stereocenters. The number of piperazine rings is 1. The number of carbonyl (C=O) groups excluding carboxylic acids is 1. The van der Waals surface area contributed by atoms with Crippen molar-refractivity contribution in [3.63, 3.8) is 0 Å². The quantitative estimate of drug-likeness (QED) is 0.200. The van der Waals surface area contributed by atoms with Gasteiger partial charge < -0.3 is 29.1 Å². The molecule has 2 aromatic heterocycles. The number of nitrogens with zero attached hydrogens (tertiary/aromatic N) is 6. The number of halogens is 3. The highest BCUT2D eigenvalue weighted by atomic mass is 32.1. The Morgan fingerprint density at radius 1 is 1.09 bits per heavy atom. The summed E-state index contributed by atoms with van der Waals surface area (Å²) in [4.78, 5) is 43.7. The molecule has 2 N–H and O–H groups in total. The fourth-order valence-corrected chi connectivity index (χ4v) is 8.70. The molecule has 13 nitrogen and oxygen atoms in total. The number of alkyl halides is 1. The standard InChI is InChI=1S/C36H42F3N7O6S/c1-18-15-46(34(48)49)19(2)14-45(18)30-22-12-24(50-6)25(21-8-9-23(38)29-28(21)41-32(53-29)43-33(47)52-35(3,4)5)26(39)27(22)40-31(42-30)51-17-36-10-7-11-44(36)16-20(37)13-36/h8-9,12,18-20H,7,10-11,13-17H2,1-6H3,(H,48,49)(H,41,43,47)/t18-,19+,20+,36-/m0/s1. The van der Waals surface area contributed by atoms with Crippen molar-refractivity contribution in [1.82, 2.24) is 24.8 Å². The summed E-state index contributed by atoms with van der Waals surface area (Å²) in [5, 5.41) is 12.7.